The Bertz CT molecular complexity index is 856. The lowest BCUT2D eigenvalue weighted by atomic mass is 9.63. The highest BCUT2D eigenvalue weighted by Gasteiger charge is 2.36. The van der Waals surface area contributed by atoms with Gasteiger partial charge in [-0.1, -0.05) is 6.92 Å². The van der Waals surface area contributed by atoms with Gasteiger partial charge in [0.15, 0.2) is 0 Å². The third kappa shape index (κ3) is 2.87. The van der Waals surface area contributed by atoms with Crippen molar-refractivity contribution in [2.24, 2.45) is 0 Å². The van der Waals surface area contributed by atoms with Gasteiger partial charge in [-0.05, 0) is 84.9 Å². The first-order valence-electron chi connectivity index (χ1n) is 9.13. The number of aromatic carboxylic acids is 1. The van der Waals surface area contributed by atoms with Crippen molar-refractivity contribution in [1.82, 2.24) is 4.98 Å². The van der Waals surface area contributed by atoms with Gasteiger partial charge in [-0.25, -0.2) is 9.78 Å². The molecular weight excluding hydrogens is 328 g/mol. The van der Waals surface area contributed by atoms with E-state index in [0.29, 0.717) is 11.0 Å². The summed E-state index contributed by atoms with van der Waals surface area (Å²) in [7, 11) is 0. The summed E-state index contributed by atoms with van der Waals surface area (Å²) in [5.41, 5.74) is 5.64. The number of benzene rings is 1. The second-order valence-electron chi connectivity index (χ2n) is 7.63. The molecule has 2 aliphatic rings. The number of hydrogen-bond acceptors (Lipinski definition) is 3. The molecule has 0 saturated carbocycles. The van der Waals surface area contributed by atoms with Crippen LogP contribution in [-0.4, -0.2) is 22.0 Å². The van der Waals surface area contributed by atoms with E-state index in [1.165, 1.54) is 60.7 Å². The number of carboxylic acids is 1. The fourth-order valence-corrected chi connectivity index (χ4v) is 4.58. The molecule has 5 heteroatoms. The third-order valence-electron chi connectivity index (χ3n) is 5.76. The van der Waals surface area contributed by atoms with Gasteiger partial charge in [0.1, 0.15) is 5.69 Å². The summed E-state index contributed by atoms with van der Waals surface area (Å²) in [5.74, 6) is -1.37. The first kappa shape index (κ1) is 16.8. The quantitative estimate of drug-likeness (QED) is 0.878. The molecule has 0 aliphatic heterocycles. The summed E-state index contributed by atoms with van der Waals surface area (Å²) in [4.78, 5) is 27.2. The van der Waals surface area contributed by atoms with Crippen LogP contribution < -0.4 is 5.32 Å². The summed E-state index contributed by atoms with van der Waals surface area (Å²) in [6, 6.07) is 7.06. The molecule has 134 valence electrons. The van der Waals surface area contributed by atoms with Gasteiger partial charge in [-0.2, -0.15) is 0 Å². The second kappa shape index (κ2) is 6.24. The normalized spacial score (nSPS) is 17.3. The minimum atomic E-state index is -1.10. The lowest BCUT2D eigenvalue weighted by Gasteiger charge is -2.41. The van der Waals surface area contributed by atoms with E-state index >= 15 is 0 Å². The van der Waals surface area contributed by atoms with Crippen molar-refractivity contribution in [3.8, 4) is 0 Å². The molecule has 0 spiro atoms. The van der Waals surface area contributed by atoms with Gasteiger partial charge in [0.25, 0.3) is 5.91 Å². The Morgan fingerprint density at radius 1 is 1.12 bits per heavy atom. The molecule has 0 radical (unpaired) electrons. The minimum Gasteiger partial charge on any atom is -0.477 e. The van der Waals surface area contributed by atoms with E-state index in [1.54, 1.807) is 0 Å². The molecule has 2 aliphatic carbocycles. The van der Waals surface area contributed by atoms with Crippen LogP contribution in [-0.2, 0) is 18.3 Å². The topological polar surface area (TPSA) is 79.3 Å². The fourth-order valence-electron chi connectivity index (χ4n) is 4.58. The van der Waals surface area contributed by atoms with Crippen molar-refractivity contribution in [2.75, 3.05) is 5.32 Å². The van der Waals surface area contributed by atoms with Crippen LogP contribution in [0.25, 0.3) is 0 Å². The molecular formula is C21H22N2O3. The minimum absolute atomic E-state index is 0.0703. The zero-order chi connectivity index (χ0) is 18.3. The molecule has 0 unspecified atom stereocenters. The van der Waals surface area contributed by atoms with Crippen LogP contribution in [0.4, 0.5) is 5.69 Å². The summed E-state index contributed by atoms with van der Waals surface area (Å²) in [6.45, 7) is 2.38. The molecule has 1 amide bonds. The fraction of sp³-hybridized carbons (Fsp3) is 0.381. The number of aromatic nitrogens is 1. The molecule has 1 heterocycles. The molecule has 0 atom stereocenters. The van der Waals surface area contributed by atoms with Crippen LogP contribution >= 0.6 is 0 Å². The summed E-state index contributed by atoms with van der Waals surface area (Å²) < 4.78 is 0. The first-order chi connectivity index (χ1) is 12.5. The number of anilines is 1. The van der Waals surface area contributed by atoms with Gasteiger partial charge in [0.05, 0.1) is 5.56 Å². The second-order valence-corrected chi connectivity index (χ2v) is 7.63. The van der Waals surface area contributed by atoms with Crippen molar-refractivity contribution in [2.45, 2.75) is 50.9 Å². The Labute approximate surface area is 152 Å². The molecule has 1 aromatic heterocycles. The molecule has 2 aromatic rings. The predicted molar refractivity (Wildman–Crippen MR) is 98.8 cm³/mol. The summed E-state index contributed by atoms with van der Waals surface area (Å²) in [5, 5.41) is 11.9. The number of nitrogens with one attached hydrogen (secondary N) is 1. The lowest BCUT2D eigenvalue weighted by Crippen LogP contribution is -2.32. The average molecular weight is 350 g/mol. The van der Waals surface area contributed by atoms with Crippen molar-refractivity contribution < 1.29 is 14.7 Å². The van der Waals surface area contributed by atoms with E-state index in [4.69, 9.17) is 5.11 Å². The molecule has 2 N–H and O–H groups in total. The maximum atomic E-state index is 12.5. The van der Waals surface area contributed by atoms with Gasteiger partial charge in [0.2, 0.25) is 0 Å². The van der Waals surface area contributed by atoms with Crippen LogP contribution in [0.15, 0.2) is 30.5 Å². The Morgan fingerprint density at radius 2 is 1.77 bits per heavy atom. The number of carbonyl (C=O) groups excluding carboxylic acids is 1. The average Bonchev–Trinajstić information content (AvgIpc) is 2.61. The van der Waals surface area contributed by atoms with Gasteiger partial charge >= 0.3 is 5.97 Å². The van der Waals surface area contributed by atoms with E-state index in [2.05, 4.69) is 29.4 Å². The highest BCUT2D eigenvalue weighted by molar-refractivity contribution is 6.04. The Balaban J connectivity index is 1.61. The standard InChI is InChI=1S/C21H22N2O3/c1-21-8-2-4-13-10-16(11-14(18(13)21)5-3-9-21)23-19(24)15-6-7-17(20(25)26)22-12-15/h6-7,10-12H,2-5,8-9H2,1H3,(H,23,24)(H,25,26). The number of rotatable bonds is 3. The Hall–Kier alpha value is -2.69. The van der Waals surface area contributed by atoms with Gasteiger partial charge < -0.3 is 10.4 Å². The van der Waals surface area contributed by atoms with Crippen LogP contribution in [0.3, 0.4) is 0 Å². The number of hydrogen-bond donors (Lipinski definition) is 2. The maximum Gasteiger partial charge on any atom is 0.354 e. The molecule has 0 fully saturated rings. The largest absolute Gasteiger partial charge is 0.477 e. The van der Waals surface area contributed by atoms with E-state index in [1.807, 2.05) is 0 Å². The van der Waals surface area contributed by atoms with Gasteiger partial charge in [0, 0.05) is 11.9 Å². The lowest BCUT2D eigenvalue weighted by molar-refractivity contribution is 0.0690. The zero-order valence-corrected chi connectivity index (χ0v) is 14.8. The molecule has 0 bridgehead atoms. The van der Waals surface area contributed by atoms with E-state index in [0.717, 1.165) is 18.5 Å². The first-order valence-corrected chi connectivity index (χ1v) is 9.13. The van der Waals surface area contributed by atoms with Crippen LogP contribution in [0, 0.1) is 0 Å². The van der Waals surface area contributed by atoms with Crippen LogP contribution in [0.5, 0.6) is 0 Å². The van der Waals surface area contributed by atoms with E-state index in [-0.39, 0.29) is 11.6 Å². The highest BCUT2D eigenvalue weighted by Crippen LogP contribution is 2.46. The smallest absolute Gasteiger partial charge is 0.354 e. The Kier molecular flexibility index (Phi) is 4.02. The Morgan fingerprint density at radius 3 is 2.31 bits per heavy atom. The highest BCUT2D eigenvalue weighted by atomic mass is 16.4. The van der Waals surface area contributed by atoms with Gasteiger partial charge in [-0.3, -0.25) is 4.79 Å². The maximum absolute atomic E-state index is 12.5. The van der Waals surface area contributed by atoms with Crippen molar-refractivity contribution in [3.05, 3.63) is 58.4 Å². The van der Waals surface area contributed by atoms with Crippen molar-refractivity contribution in [1.29, 1.82) is 0 Å². The van der Waals surface area contributed by atoms with Crippen molar-refractivity contribution in [3.63, 3.8) is 0 Å². The van der Waals surface area contributed by atoms with Crippen LogP contribution in [0.2, 0.25) is 0 Å². The number of carbonyl (C=O) groups is 2. The number of carboxylic acid groups (broad SMARTS) is 1. The number of amides is 1. The molecule has 5 nitrogen and oxygen atoms in total. The predicted octanol–water partition coefficient (Wildman–Crippen LogP) is 3.96. The molecule has 1 aromatic carbocycles. The number of pyridine rings is 1. The van der Waals surface area contributed by atoms with E-state index < -0.39 is 5.97 Å². The monoisotopic (exact) mass is 350 g/mol. The third-order valence-corrected chi connectivity index (χ3v) is 5.76. The molecule has 0 saturated heterocycles. The SMILES string of the molecule is CC12CCCc3cc(NC(=O)c4ccc(C(=O)O)nc4)cc(c31)CCC2. The van der Waals surface area contributed by atoms with Crippen molar-refractivity contribution >= 4 is 17.6 Å². The number of aryl methyl sites for hydroxylation is 2. The molecule has 4 rings (SSSR count). The number of nitrogens with zero attached hydrogens (tertiary/aromatic N) is 1. The summed E-state index contributed by atoms with van der Waals surface area (Å²) in [6.07, 6.45) is 8.33. The van der Waals surface area contributed by atoms with E-state index in [9.17, 15) is 9.59 Å². The van der Waals surface area contributed by atoms with Crippen LogP contribution in [0.1, 0.15) is 70.1 Å². The van der Waals surface area contributed by atoms with Gasteiger partial charge in [-0.15, -0.1) is 0 Å². The zero-order valence-electron chi connectivity index (χ0n) is 14.8. The molecule has 26 heavy (non-hydrogen) atoms. The summed E-state index contributed by atoms with van der Waals surface area (Å²) >= 11 is 0.